The lowest BCUT2D eigenvalue weighted by Gasteiger charge is -2.35. The lowest BCUT2D eigenvalue weighted by molar-refractivity contribution is -0.137. The molecular weight excluding hydrogens is 523 g/mol. The van der Waals surface area contributed by atoms with Crippen molar-refractivity contribution in [2.24, 2.45) is 5.73 Å². The van der Waals surface area contributed by atoms with E-state index >= 15 is 0 Å². The minimum absolute atomic E-state index is 0.0658. The molecule has 0 saturated carbocycles. The van der Waals surface area contributed by atoms with Crippen molar-refractivity contribution in [3.05, 3.63) is 47.2 Å². The van der Waals surface area contributed by atoms with Gasteiger partial charge in [0.05, 0.1) is 29.5 Å². The average Bonchev–Trinajstić information content (AvgIpc) is 3.57. The minimum atomic E-state index is -4.57. The number of fused-ring (bicyclic) bond motifs is 4. The van der Waals surface area contributed by atoms with Crippen LogP contribution in [0.1, 0.15) is 66.2 Å². The Balaban J connectivity index is 1.45. The highest BCUT2D eigenvalue weighted by Gasteiger charge is 2.36. The van der Waals surface area contributed by atoms with Crippen molar-refractivity contribution in [2.45, 2.75) is 56.8 Å². The number of anilines is 2. The molecular formula is C28H34F3N7O2. The number of nitrogens with two attached hydrogens (primary N) is 1. The number of nitrogens with zero attached hydrogens (tertiary/aromatic N) is 6. The molecule has 214 valence electrons. The Hall–Kier alpha value is -3.54. The molecule has 1 amide bonds. The van der Waals surface area contributed by atoms with Crippen molar-refractivity contribution in [3.8, 4) is 5.75 Å². The van der Waals surface area contributed by atoms with Gasteiger partial charge in [-0.1, -0.05) is 0 Å². The number of alkyl halides is 3. The van der Waals surface area contributed by atoms with Crippen LogP contribution in [-0.4, -0.2) is 71.3 Å². The first-order valence-corrected chi connectivity index (χ1v) is 14.0. The summed E-state index contributed by atoms with van der Waals surface area (Å²) in [5, 5.41) is 4.93. The smallest absolute Gasteiger partial charge is 0.416 e. The molecule has 2 saturated heterocycles. The van der Waals surface area contributed by atoms with Gasteiger partial charge in [-0.2, -0.15) is 22.8 Å². The quantitative estimate of drug-likeness (QED) is 0.478. The third kappa shape index (κ3) is 5.04. The number of rotatable bonds is 1. The van der Waals surface area contributed by atoms with Crippen LogP contribution < -0.4 is 20.3 Å². The molecule has 3 aromatic rings. The number of amides is 1. The molecule has 2 fully saturated rings. The summed E-state index contributed by atoms with van der Waals surface area (Å²) >= 11 is 0. The molecule has 5 heterocycles. The molecule has 2 N–H and O–H groups in total. The summed E-state index contributed by atoms with van der Waals surface area (Å²) in [6.07, 6.45) is 0.0678. The molecule has 2 atom stereocenters. The number of carbonyl (C=O) groups is 1. The highest BCUT2D eigenvalue weighted by molar-refractivity contribution is 5.97. The van der Waals surface area contributed by atoms with E-state index in [0.717, 1.165) is 62.5 Å². The third-order valence-electron chi connectivity index (χ3n) is 8.14. The first kappa shape index (κ1) is 26.7. The summed E-state index contributed by atoms with van der Waals surface area (Å²) in [4.78, 5) is 24.8. The average molecular weight is 558 g/mol. The number of ether oxygens (including phenoxy) is 1. The topological polar surface area (TPSA) is 92.2 Å². The van der Waals surface area contributed by atoms with Crippen LogP contribution in [0.4, 0.5) is 24.8 Å². The maximum atomic E-state index is 13.9. The zero-order chi connectivity index (χ0) is 28.0. The predicted molar refractivity (Wildman–Crippen MR) is 145 cm³/mol. The van der Waals surface area contributed by atoms with Crippen molar-refractivity contribution >= 4 is 23.2 Å². The molecule has 12 heteroatoms. The van der Waals surface area contributed by atoms with Gasteiger partial charge in [-0.05, 0) is 56.7 Å². The molecule has 1 unspecified atom stereocenters. The van der Waals surface area contributed by atoms with E-state index in [4.69, 9.17) is 20.6 Å². The molecule has 3 aliphatic rings. The Kier molecular flexibility index (Phi) is 6.97. The minimum Gasteiger partial charge on any atom is -0.493 e. The number of hydrogen-bond donors (Lipinski definition) is 1. The highest BCUT2D eigenvalue weighted by Crippen LogP contribution is 2.37. The van der Waals surface area contributed by atoms with Crippen LogP contribution in [0.5, 0.6) is 5.75 Å². The molecule has 2 aromatic heterocycles. The summed E-state index contributed by atoms with van der Waals surface area (Å²) in [6.45, 7) is 2.98. The number of hydrogen-bond acceptors (Lipinski definition) is 7. The van der Waals surface area contributed by atoms with Gasteiger partial charge in [-0.3, -0.25) is 4.79 Å². The van der Waals surface area contributed by atoms with Gasteiger partial charge in [-0.15, -0.1) is 0 Å². The van der Waals surface area contributed by atoms with Gasteiger partial charge in [0.15, 0.2) is 5.65 Å². The summed E-state index contributed by atoms with van der Waals surface area (Å²) in [5.74, 6) is 1.42. The van der Waals surface area contributed by atoms with E-state index < -0.39 is 23.7 Å². The van der Waals surface area contributed by atoms with Gasteiger partial charge in [0.1, 0.15) is 17.4 Å². The summed E-state index contributed by atoms with van der Waals surface area (Å²) in [6, 6.07) is 6.82. The van der Waals surface area contributed by atoms with Gasteiger partial charge < -0.3 is 25.2 Å². The van der Waals surface area contributed by atoms with E-state index in [1.165, 1.54) is 6.07 Å². The maximum Gasteiger partial charge on any atom is 0.416 e. The summed E-state index contributed by atoms with van der Waals surface area (Å²) in [7, 11) is 2.01. The van der Waals surface area contributed by atoms with Gasteiger partial charge in [-0.25, -0.2) is 4.98 Å². The van der Waals surface area contributed by atoms with Crippen LogP contribution in [0, 0.1) is 0 Å². The molecule has 9 nitrogen and oxygen atoms in total. The number of halogens is 3. The number of piperidine rings is 1. The lowest BCUT2D eigenvalue weighted by atomic mass is 9.97. The second-order valence-corrected chi connectivity index (χ2v) is 11.0. The number of aromatic nitrogens is 3. The van der Waals surface area contributed by atoms with Crippen LogP contribution >= 0.6 is 0 Å². The fourth-order valence-electron chi connectivity index (χ4n) is 5.94. The SMILES string of the molecule is CN1CCCCOc2ccc(C(F)(F)F)cc2C(=O)N2CCCCC2c2cc3nc(N4CC[C@H](N)C4)cc1n3n2. The zero-order valence-corrected chi connectivity index (χ0v) is 22.5. The number of carbonyl (C=O) groups excluding carboxylic acids is 1. The summed E-state index contributed by atoms with van der Waals surface area (Å²) < 4.78 is 48.6. The van der Waals surface area contributed by atoms with Crippen LogP contribution in [0.2, 0.25) is 0 Å². The van der Waals surface area contributed by atoms with Crippen molar-refractivity contribution < 1.29 is 22.7 Å². The normalized spacial score (nSPS) is 22.6. The van der Waals surface area contributed by atoms with E-state index in [0.29, 0.717) is 37.3 Å². The fraction of sp³-hybridized carbons (Fsp3) is 0.536. The van der Waals surface area contributed by atoms with E-state index in [1.54, 1.807) is 4.90 Å². The Labute approximate surface area is 230 Å². The molecule has 1 aromatic carbocycles. The van der Waals surface area contributed by atoms with Crippen molar-refractivity contribution in [2.75, 3.05) is 49.6 Å². The van der Waals surface area contributed by atoms with Crippen LogP contribution in [-0.2, 0) is 6.18 Å². The first-order valence-electron chi connectivity index (χ1n) is 14.0. The van der Waals surface area contributed by atoms with Gasteiger partial charge in [0.25, 0.3) is 5.91 Å². The maximum absolute atomic E-state index is 13.9. The van der Waals surface area contributed by atoms with E-state index in [1.807, 2.05) is 23.7 Å². The highest BCUT2D eigenvalue weighted by atomic mass is 19.4. The van der Waals surface area contributed by atoms with Crippen LogP contribution in [0.15, 0.2) is 30.3 Å². The largest absolute Gasteiger partial charge is 0.493 e. The van der Waals surface area contributed by atoms with Crippen molar-refractivity contribution in [1.82, 2.24) is 19.5 Å². The first-order chi connectivity index (χ1) is 19.2. The predicted octanol–water partition coefficient (Wildman–Crippen LogP) is 4.26. The molecule has 6 rings (SSSR count). The van der Waals surface area contributed by atoms with Crippen molar-refractivity contribution in [1.29, 1.82) is 0 Å². The second-order valence-electron chi connectivity index (χ2n) is 11.0. The van der Waals surface area contributed by atoms with Crippen LogP contribution in [0.3, 0.4) is 0 Å². The van der Waals surface area contributed by atoms with Gasteiger partial charge >= 0.3 is 6.18 Å². The van der Waals surface area contributed by atoms with Gasteiger partial charge in [0.2, 0.25) is 0 Å². The zero-order valence-electron chi connectivity index (χ0n) is 22.5. The van der Waals surface area contributed by atoms with Crippen molar-refractivity contribution in [3.63, 3.8) is 0 Å². The van der Waals surface area contributed by atoms with E-state index in [2.05, 4.69) is 9.80 Å². The second kappa shape index (κ2) is 10.5. The fourth-order valence-corrected chi connectivity index (χ4v) is 5.94. The van der Waals surface area contributed by atoms with Gasteiger partial charge in [0, 0.05) is 51.4 Å². The monoisotopic (exact) mass is 557 g/mol. The lowest BCUT2D eigenvalue weighted by Crippen LogP contribution is -2.39. The Morgan fingerprint density at radius 1 is 1.02 bits per heavy atom. The molecule has 2 bridgehead atoms. The van der Waals surface area contributed by atoms with E-state index in [9.17, 15) is 18.0 Å². The van der Waals surface area contributed by atoms with E-state index in [-0.39, 0.29) is 24.0 Å². The molecule has 0 radical (unpaired) electrons. The number of benzene rings is 1. The standard InChI is InChI=1S/C28H34F3N7O2/c1-35-10-4-5-13-40-23-8-7-18(28(29,30)31)14-20(23)27(39)37-11-3-2-6-22(37)21-15-25-33-24(16-26(35)38(25)34-21)36-12-9-19(32)17-36/h7-8,14-16,19,22H,2-6,9-13,17,32H2,1H3/t19-,22?/m0/s1. The molecule has 0 aliphatic carbocycles. The summed E-state index contributed by atoms with van der Waals surface area (Å²) in [5.41, 5.74) is 6.59. The Morgan fingerprint density at radius 3 is 2.62 bits per heavy atom. The Morgan fingerprint density at radius 2 is 1.85 bits per heavy atom. The third-order valence-corrected chi connectivity index (χ3v) is 8.14. The Bertz CT molecular complexity index is 1410. The molecule has 0 spiro atoms. The molecule has 40 heavy (non-hydrogen) atoms. The molecule has 3 aliphatic heterocycles. The van der Waals surface area contributed by atoms with Crippen LogP contribution in [0.25, 0.3) is 5.65 Å².